The maximum Gasteiger partial charge on any atom is 0.274 e. The predicted octanol–water partition coefficient (Wildman–Crippen LogP) is 4.17. The summed E-state index contributed by atoms with van der Waals surface area (Å²) >= 11 is 1.66. The number of thiophene rings is 1. The van der Waals surface area contributed by atoms with Gasteiger partial charge in [0.25, 0.3) is 5.91 Å². The Kier molecular flexibility index (Phi) is 3.69. The number of amides is 1. The molecule has 3 heterocycles. The third-order valence-corrected chi connectivity index (χ3v) is 5.37. The zero-order chi connectivity index (χ0) is 16.7. The molecule has 2 aromatic heterocycles. The first kappa shape index (κ1) is 15.1. The number of benzene rings is 1. The Bertz CT molecular complexity index is 884. The number of hydrogen-bond donors (Lipinski definition) is 1. The number of halogens is 1. The van der Waals surface area contributed by atoms with Gasteiger partial charge >= 0.3 is 0 Å². The fourth-order valence-corrected chi connectivity index (χ4v) is 3.78. The van der Waals surface area contributed by atoms with Crippen LogP contribution in [-0.2, 0) is 0 Å². The lowest BCUT2D eigenvalue weighted by atomic mass is 9.94. The summed E-state index contributed by atoms with van der Waals surface area (Å²) in [7, 11) is 0. The van der Waals surface area contributed by atoms with Gasteiger partial charge in [-0.15, -0.1) is 11.3 Å². The zero-order valence-electron chi connectivity index (χ0n) is 13.1. The molecule has 0 spiro atoms. The van der Waals surface area contributed by atoms with Crippen molar-refractivity contribution in [2.45, 2.75) is 19.4 Å². The molecule has 1 aromatic carbocycles. The highest BCUT2D eigenvalue weighted by Crippen LogP contribution is 2.35. The number of nitrogens with one attached hydrogen (secondary N) is 1. The van der Waals surface area contributed by atoms with Gasteiger partial charge in [0.2, 0.25) is 0 Å². The Labute approximate surface area is 142 Å². The van der Waals surface area contributed by atoms with Crippen LogP contribution in [0.25, 0.3) is 10.6 Å². The largest absolute Gasteiger partial charge is 0.330 e. The molecule has 122 valence electrons. The van der Waals surface area contributed by atoms with Crippen LogP contribution in [0, 0.1) is 12.7 Å². The molecule has 1 saturated heterocycles. The number of hydrogen-bond acceptors (Lipinski definition) is 3. The molecule has 1 aliphatic heterocycles. The molecular weight excluding hydrogens is 325 g/mol. The summed E-state index contributed by atoms with van der Waals surface area (Å²) in [5, 5.41) is 7.12. The first-order valence-electron chi connectivity index (χ1n) is 7.80. The van der Waals surface area contributed by atoms with Crippen molar-refractivity contribution < 1.29 is 9.18 Å². The highest BCUT2D eigenvalue weighted by Gasteiger charge is 2.34. The fraction of sp³-hybridized carbons (Fsp3) is 0.222. The van der Waals surface area contributed by atoms with Crippen LogP contribution in [0.3, 0.4) is 0 Å². The number of likely N-dealkylation sites (tertiary alicyclic amines) is 1. The van der Waals surface area contributed by atoms with Crippen LogP contribution in [-0.4, -0.2) is 27.5 Å². The van der Waals surface area contributed by atoms with Crippen molar-refractivity contribution in [2.24, 2.45) is 0 Å². The lowest BCUT2D eigenvalue weighted by molar-refractivity contribution is 0.0454. The number of aryl methyl sites for hydroxylation is 1. The Morgan fingerprint density at radius 1 is 1.29 bits per heavy atom. The van der Waals surface area contributed by atoms with Gasteiger partial charge in [0.15, 0.2) is 5.69 Å². The summed E-state index contributed by atoms with van der Waals surface area (Å²) in [5.74, 6) is -0.356. The third kappa shape index (κ3) is 2.63. The molecule has 1 atom stereocenters. The van der Waals surface area contributed by atoms with Gasteiger partial charge in [-0.05, 0) is 49.2 Å². The number of aromatic amines is 1. The lowest BCUT2D eigenvalue weighted by Gasteiger charge is -2.41. The first-order chi connectivity index (χ1) is 11.6. The van der Waals surface area contributed by atoms with Gasteiger partial charge in [0.1, 0.15) is 5.82 Å². The van der Waals surface area contributed by atoms with E-state index in [2.05, 4.69) is 10.2 Å². The van der Waals surface area contributed by atoms with Gasteiger partial charge < -0.3 is 4.90 Å². The van der Waals surface area contributed by atoms with Crippen LogP contribution in [0.4, 0.5) is 4.39 Å². The van der Waals surface area contributed by atoms with Gasteiger partial charge in [0.05, 0.1) is 16.6 Å². The molecule has 0 aliphatic carbocycles. The molecule has 4 rings (SSSR count). The average Bonchev–Trinajstić information content (AvgIpc) is 3.17. The van der Waals surface area contributed by atoms with E-state index in [-0.39, 0.29) is 17.8 Å². The summed E-state index contributed by atoms with van der Waals surface area (Å²) in [5.41, 5.74) is 2.24. The summed E-state index contributed by atoms with van der Waals surface area (Å²) in [4.78, 5) is 16.8. The average molecular weight is 341 g/mol. The van der Waals surface area contributed by atoms with Crippen molar-refractivity contribution in [3.8, 4) is 10.6 Å². The third-order valence-electron chi connectivity index (χ3n) is 4.34. The molecule has 0 unspecified atom stereocenters. The smallest absolute Gasteiger partial charge is 0.274 e. The van der Waals surface area contributed by atoms with Crippen molar-refractivity contribution in [3.05, 3.63) is 64.4 Å². The Morgan fingerprint density at radius 2 is 2.08 bits per heavy atom. The summed E-state index contributed by atoms with van der Waals surface area (Å²) in [6, 6.07) is 12.2. The standard InChI is InChI=1S/C18H16FN3OS/c1-11-2-7-17(24-11)14-10-15(21-20-14)18(23)22-9-8-16(22)12-3-5-13(19)6-4-12/h2-7,10,16H,8-9H2,1H3,(H,20,21)/t16-/m0/s1. The number of carbonyl (C=O) groups is 1. The number of nitrogens with zero attached hydrogens (tertiary/aromatic N) is 2. The highest BCUT2D eigenvalue weighted by atomic mass is 32.1. The number of rotatable bonds is 3. The minimum atomic E-state index is -0.265. The Balaban J connectivity index is 1.53. The number of H-pyrrole nitrogens is 1. The van der Waals surface area contributed by atoms with Gasteiger partial charge in [-0.1, -0.05) is 12.1 Å². The Hall–Kier alpha value is -2.47. The van der Waals surface area contributed by atoms with Crippen LogP contribution in [0.15, 0.2) is 42.5 Å². The number of aromatic nitrogens is 2. The number of carbonyl (C=O) groups excluding carboxylic acids is 1. The predicted molar refractivity (Wildman–Crippen MR) is 91.4 cm³/mol. The van der Waals surface area contributed by atoms with Crippen LogP contribution in [0.5, 0.6) is 0 Å². The molecule has 0 saturated carbocycles. The van der Waals surface area contributed by atoms with E-state index in [9.17, 15) is 9.18 Å². The second kappa shape index (κ2) is 5.87. The molecule has 4 nitrogen and oxygen atoms in total. The van der Waals surface area contributed by atoms with Crippen molar-refractivity contribution in [2.75, 3.05) is 6.54 Å². The summed E-state index contributed by atoms with van der Waals surface area (Å²) in [6.45, 7) is 2.74. The molecule has 0 radical (unpaired) electrons. The minimum absolute atomic E-state index is 0.00207. The second-order valence-corrected chi connectivity index (χ2v) is 7.22. The van der Waals surface area contributed by atoms with Crippen molar-refractivity contribution in [1.82, 2.24) is 15.1 Å². The van der Waals surface area contributed by atoms with Gasteiger partial charge in [-0.25, -0.2) is 4.39 Å². The monoisotopic (exact) mass is 341 g/mol. The van der Waals surface area contributed by atoms with E-state index in [1.807, 2.05) is 19.1 Å². The highest BCUT2D eigenvalue weighted by molar-refractivity contribution is 7.15. The van der Waals surface area contributed by atoms with E-state index in [4.69, 9.17) is 0 Å². The topological polar surface area (TPSA) is 49.0 Å². The summed E-state index contributed by atoms with van der Waals surface area (Å²) in [6.07, 6.45) is 0.888. The molecule has 1 fully saturated rings. The van der Waals surface area contributed by atoms with E-state index < -0.39 is 0 Å². The van der Waals surface area contributed by atoms with E-state index in [1.54, 1.807) is 34.4 Å². The van der Waals surface area contributed by atoms with Gasteiger partial charge in [0, 0.05) is 11.4 Å². The quantitative estimate of drug-likeness (QED) is 0.777. The van der Waals surface area contributed by atoms with E-state index in [1.165, 1.54) is 17.0 Å². The second-order valence-electron chi connectivity index (χ2n) is 5.93. The van der Waals surface area contributed by atoms with Crippen molar-refractivity contribution in [1.29, 1.82) is 0 Å². The first-order valence-corrected chi connectivity index (χ1v) is 8.62. The van der Waals surface area contributed by atoms with Crippen LogP contribution in [0.1, 0.15) is 33.4 Å². The minimum Gasteiger partial charge on any atom is -0.330 e. The van der Waals surface area contributed by atoms with Crippen LogP contribution >= 0.6 is 11.3 Å². The maximum absolute atomic E-state index is 13.1. The summed E-state index contributed by atoms with van der Waals surface area (Å²) < 4.78 is 13.1. The molecular formula is C18H16FN3OS. The van der Waals surface area contributed by atoms with Gasteiger partial charge in [-0.2, -0.15) is 5.10 Å². The SMILES string of the molecule is Cc1ccc(-c2cc(C(=O)N3CC[C@H]3c3ccc(F)cc3)n[nH]2)s1. The van der Waals surface area contributed by atoms with Crippen LogP contribution in [0.2, 0.25) is 0 Å². The molecule has 6 heteroatoms. The van der Waals surface area contributed by atoms with E-state index in [0.29, 0.717) is 12.2 Å². The Morgan fingerprint density at radius 3 is 2.71 bits per heavy atom. The van der Waals surface area contributed by atoms with Crippen LogP contribution < -0.4 is 0 Å². The maximum atomic E-state index is 13.1. The zero-order valence-corrected chi connectivity index (χ0v) is 13.9. The molecule has 1 amide bonds. The molecule has 1 aliphatic rings. The fourth-order valence-electron chi connectivity index (χ4n) is 2.95. The normalized spacial score (nSPS) is 16.9. The van der Waals surface area contributed by atoms with E-state index in [0.717, 1.165) is 22.6 Å². The van der Waals surface area contributed by atoms with Crippen molar-refractivity contribution >= 4 is 17.2 Å². The van der Waals surface area contributed by atoms with Crippen molar-refractivity contribution in [3.63, 3.8) is 0 Å². The van der Waals surface area contributed by atoms with E-state index >= 15 is 0 Å². The molecule has 3 aromatic rings. The lowest BCUT2D eigenvalue weighted by Crippen LogP contribution is -2.45. The van der Waals surface area contributed by atoms with Gasteiger partial charge in [-0.3, -0.25) is 9.89 Å². The molecule has 1 N–H and O–H groups in total. The molecule has 0 bridgehead atoms. The molecule has 24 heavy (non-hydrogen) atoms.